The molecule has 0 aliphatic carbocycles. The molecule has 4 aromatic carbocycles. The predicted octanol–water partition coefficient (Wildman–Crippen LogP) is 6.66. The van der Waals surface area contributed by atoms with Gasteiger partial charge < -0.3 is 0 Å². The average molecular weight is 467 g/mol. The molecular formula is C31H22N4O. The van der Waals surface area contributed by atoms with E-state index in [0.29, 0.717) is 11.6 Å². The maximum Gasteiger partial charge on any atom is 0.178 e. The zero-order chi connectivity index (χ0) is 24.3. The van der Waals surface area contributed by atoms with E-state index in [2.05, 4.69) is 9.13 Å². The van der Waals surface area contributed by atoms with Gasteiger partial charge >= 0.3 is 0 Å². The van der Waals surface area contributed by atoms with E-state index in [0.717, 1.165) is 33.4 Å². The van der Waals surface area contributed by atoms with Crippen molar-refractivity contribution < 1.29 is 4.79 Å². The summed E-state index contributed by atoms with van der Waals surface area (Å²) in [6, 6.07) is 36.0. The lowest BCUT2D eigenvalue weighted by Crippen LogP contribution is -1.98. The molecule has 0 aliphatic heterocycles. The van der Waals surface area contributed by atoms with E-state index >= 15 is 0 Å². The number of para-hydroxylation sites is 6. The molecule has 0 N–H and O–H groups in total. The third-order valence-electron chi connectivity index (χ3n) is 6.00. The Labute approximate surface area is 208 Å². The number of imidazole rings is 2. The molecule has 0 aliphatic rings. The molecule has 2 aromatic heterocycles. The van der Waals surface area contributed by atoms with Gasteiger partial charge in [0.2, 0.25) is 0 Å². The summed E-state index contributed by atoms with van der Waals surface area (Å²) in [4.78, 5) is 22.4. The van der Waals surface area contributed by atoms with E-state index in [1.807, 2.05) is 109 Å². The highest BCUT2D eigenvalue weighted by Crippen LogP contribution is 2.23. The van der Waals surface area contributed by atoms with Gasteiger partial charge in [-0.3, -0.25) is 13.9 Å². The second-order valence-electron chi connectivity index (χ2n) is 8.33. The molecule has 6 rings (SSSR count). The summed E-state index contributed by atoms with van der Waals surface area (Å²) in [5.41, 5.74) is 5.71. The first kappa shape index (κ1) is 21.5. The van der Waals surface area contributed by atoms with Crippen LogP contribution in [0.2, 0.25) is 0 Å². The number of allylic oxidation sites excluding steroid dienone is 2. The molecule has 0 atom stereocenters. The summed E-state index contributed by atoms with van der Waals surface area (Å²) in [7, 11) is 0. The molecule has 0 unspecified atom stereocenters. The van der Waals surface area contributed by atoms with Crippen LogP contribution in [0, 0.1) is 0 Å². The molecule has 172 valence electrons. The van der Waals surface area contributed by atoms with Crippen LogP contribution >= 0.6 is 0 Å². The third kappa shape index (κ3) is 4.03. The largest absolute Gasteiger partial charge is 0.293 e. The van der Waals surface area contributed by atoms with Gasteiger partial charge in [0.1, 0.15) is 11.6 Å². The van der Waals surface area contributed by atoms with E-state index in [-0.39, 0.29) is 5.78 Å². The lowest BCUT2D eigenvalue weighted by atomic mass is 10.2. The number of ketones is 1. The molecule has 0 saturated carbocycles. The normalized spacial score (nSPS) is 11.8. The lowest BCUT2D eigenvalue weighted by molar-refractivity contribution is -0.110. The molecular weight excluding hydrogens is 444 g/mol. The number of nitrogens with zero attached hydrogens (tertiary/aromatic N) is 4. The number of carbonyl (C=O) groups excluding carboxylic acids is 1. The van der Waals surface area contributed by atoms with E-state index in [9.17, 15) is 4.79 Å². The van der Waals surface area contributed by atoms with E-state index in [1.165, 1.54) is 0 Å². The van der Waals surface area contributed by atoms with Gasteiger partial charge in [0.15, 0.2) is 5.78 Å². The standard InChI is InChI=1S/C31H22N4O/c36-25(19-21-30-32-26-15-7-9-17-28(26)34(30)23-11-3-1-4-12-23)20-22-31-33-27-16-8-10-18-29(27)35(31)24-13-5-2-6-14-24/h1-22H/b21-19+,22-20+. The summed E-state index contributed by atoms with van der Waals surface area (Å²) < 4.78 is 4.11. The number of fused-ring (bicyclic) bond motifs is 2. The third-order valence-corrected chi connectivity index (χ3v) is 6.00. The molecule has 0 saturated heterocycles. The SMILES string of the molecule is O=C(/C=C/c1nc2ccccc2n1-c1ccccc1)/C=C/c1nc2ccccc2n1-c1ccccc1. The monoisotopic (exact) mass is 466 g/mol. The zero-order valence-corrected chi connectivity index (χ0v) is 19.4. The Morgan fingerprint density at radius 2 is 0.917 bits per heavy atom. The van der Waals surface area contributed by atoms with Crippen molar-refractivity contribution in [1.82, 2.24) is 19.1 Å². The number of benzene rings is 4. The van der Waals surface area contributed by atoms with Gasteiger partial charge in [-0.25, -0.2) is 9.97 Å². The van der Waals surface area contributed by atoms with Crippen LogP contribution < -0.4 is 0 Å². The van der Waals surface area contributed by atoms with Crippen LogP contribution in [0.25, 0.3) is 45.6 Å². The van der Waals surface area contributed by atoms with Crippen LogP contribution in [0.3, 0.4) is 0 Å². The average Bonchev–Trinajstić information content (AvgIpc) is 3.49. The molecule has 5 nitrogen and oxygen atoms in total. The molecule has 0 fully saturated rings. The molecule has 0 amide bonds. The van der Waals surface area contributed by atoms with Crippen LogP contribution in [0.4, 0.5) is 0 Å². The number of rotatable bonds is 6. The number of hydrogen-bond acceptors (Lipinski definition) is 3. The van der Waals surface area contributed by atoms with Crippen molar-refractivity contribution in [3.05, 3.63) is 133 Å². The quantitative estimate of drug-likeness (QED) is 0.258. The second kappa shape index (κ2) is 9.31. The Hall–Kier alpha value is -5.03. The summed E-state index contributed by atoms with van der Waals surface area (Å²) >= 11 is 0. The van der Waals surface area contributed by atoms with Gasteiger partial charge in [0.05, 0.1) is 22.1 Å². The minimum absolute atomic E-state index is 0.145. The molecule has 6 aromatic rings. The Morgan fingerprint density at radius 1 is 0.528 bits per heavy atom. The summed E-state index contributed by atoms with van der Waals surface area (Å²) in [6.45, 7) is 0. The highest BCUT2D eigenvalue weighted by atomic mass is 16.1. The van der Waals surface area contributed by atoms with Crippen LogP contribution in [-0.4, -0.2) is 24.9 Å². The van der Waals surface area contributed by atoms with Crippen molar-refractivity contribution in [2.45, 2.75) is 0 Å². The van der Waals surface area contributed by atoms with Crippen molar-refractivity contribution in [2.24, 2.45) is 0 Å². The number of carbonyl (C=O) groups is 1. The Bertz CT molecular complexity index is 1610. The number of aromatic nitrogens is 4. The van der Waals surface area contributed by atoms with Crippen molar-refractivity contribution in [1.29, 1.82) is 0 Å². The van der Waals surface area contributed by atoms with Gasteiger partial charge in [-0.05, 0) is 72.8 Å². The van der Waals surface area contributed by atoms with Gasteiger partial charge in [0, 0.05) is 11.4 Å². The topological polar surface area (TPSA) is 52.7 Å². The van der Waals surface area contributed by atoms with Crippen molar-refractivity contribution in [3.8, 4) is 11.4 Å². The minimum atomic E-state index is -0.145. The Morgan fingerprint density at radius 3 is 1.36 bits per heavy atom. The molecule has 2 heterocycles. The maximum absolute atomic E-state index is 12.9. The van der Waals surface area contributed by atoms with Crippen LogP contribution in [0.5, 0.6) is 0 Å². The van der Waals surface area contributed by atoms with Crippen molar-refractivity contribution in [2.75, 3.05) is 0 Å². The van der Waals surface area contributed by atoms with E-state index in [1.54, 1.807) is 24.3 Å². The fourth-order valence-electron chi connectivity index (χ4n) is 4.38. The summed E-state index contributed by atoms with van der Waals surface area (Å²) in [5, 5.41) is 0. The van der Waals surface area contributed by atoms with Crippen LogP contribution in [0.1, 0.15) is 11.6 Å². The van der Waals surface area contributed by atoms with Gasteiger partial charge in [-0.1, -0.05) is 60.7 Å². The lowest BCUT2D eigenvalue weighted by Gasteiger charge is -2.07. The molecule has 5 heteroatoms. The summed E-state index contributed by atoms with van der Waals surface area (Å²) in [6.07, 6.45) is 6.62. The van der Waals surface area contributed by atoms with Crippen molar-refractivity contribution in [3.63, 3.8) is 0 Å². The summed E-state index contributed by atoms with van der Waals surface area (Å²) in [5.74, 6) is 1.25. The highest BCUT2D eigenvalue weighted by molar-refractivity contribution is 6.04. The van der Waals surface area contributed by atoms with Crippen LogP contribution in [-0.2, 0) is 4.79 Å². The Kier molecular flexibility index (Phi) is 5.56. The molecule has 36 heavy (non-hydrogen) atoms. The highest BCUT2D eigenvalue weighted by Gasteiger charge is 2.11. The van der Waals surface area contributed by atoms with Gasteiger partial charge in [-0.15, -0.1) is 0 Å². The first-order valence-corrected chi connectivity index (χ1v) is 11.7. The molecule has 0 radical (unpaired) electrons. The maximum atomic E-state index is 12.9. The van der Waals surface area contributed by atoms with Crippen molar-refractivity contribution >= 4 is 40.0 Å². The predicted molar refractivity (Wildman–Crippen MR) is 145 cm³/mol. The molecule has 0 spiro atoms. The van der Waals surface area contributed by atoms with E-state index in [4.69, 9.17) is 9.97 Å². The minimum Gasteiger partial charge on any atom is -0.293 e. The number of hydrogen-bond donors (Lipinski definition) is 0. The molecule has 0 bridgehead atoms. The second-order valence-corrected chi connectivity index (χ2v) is 8.33. The smallest absolute Gasteiger partial charge is 0.178 e. The fourth-order valence-corrected chi connectivity index (χ4v) is 4.38. The first-order chi connectivity index (χ1) is 17.8. The van der Waals surface area contributed by atoms with Gasteiger partial charge in [0.25, 0.3) is 0 Å². The first-order valence-electron chi connectivity index (χ1n) is 11.7. The fraction of sp³-hybridized carbons (Fsp3) is 0. The zero-order valence-electron chi connectivity index (χ0n) is 19.4. The Balaban J connectivity index is 1.34. The van der Waals surface area contributed by atoms with Gasteiger partial charge in [-0.2, -0.15) is 0 Å². The van der Waals surface area contributed by atoms with Crippen LogP contribution in [0.15, 0.2) is 121 Å². The van der Waals surface area contributed by atoms with E-state index < -0.39 is 0 Å².